The van der Waals surface area contributed by atoms with Gasteiger partial charge in [-0.15, -0.1) is 0 Å². The van der Waals surface area contributed by atoms with Gasteiger partial charge in [-0.1, -0.05) is 6.07 Å². The lowest BCUT2D eigenvalue weighted by Crippen LogP contribution is -2.31. The molecule has 0 aliphatic rings. The molecule has 1 amide bonds. The number of amides is 1. The third kappa shape index (κ3) is 4.88. The van der Waals surface area contributed by atoms with Crippen molar-refractivity contribution in [2.24, 2.45) is 0 Å². The molecule has 0 bridgehead atoms. The molecule has 0 saturated carbocycles. The molecule has 2 rings (SSSR count). The van der Waals surface area contributed by atoms with Crippen LogP contribution in [-0.2, 0) is 4.79 Å². The number of carbonyl (C=O) groups excluding carboxylic acids is 1. The molecular formula is C19H20N2O4. The van der Waals surface area contributed by atoms with E-state index in [0.29, 0.717) is 22.8 Å². The predicted molar refractivity (Wildman–Crippen MR) is 92.8 cm³/mol. The molecule has 1 atom stereocenters. The average Bonchev–Trinajstić information content (AvgIpc) is 2.65. The largest absolute Gasteiger partial charge is 0.497 e. The molecule has 0 aliphatic carbocycles. The van der Waals surface area contributed by atoms with Crippen molar-refractivity contribution < 1.29 is 19.0 Å². The van der Waals surface area contributed by atoms with Crippen molar-refractivity contribution in [2.75, 3.05) is 20.8 Å². The quantitative estimate of drug-likeness (QED) is 0.838. The van der Waals surface area contributed by atoms with E-state index in [1.165, 1.54) is 0 Å². The first kappa shape index (κ1) is 18.1. The van der Waals surface area contributed by atoms with Gasteiger partial charge in [0.2, 0.25) is 0 Å². The summed E-state index contributed by atoms with van der Waals surface area (Å²) in [6.45, 7) is 1.71. The molecule has 0 fully saturated rings. The van der Waals surface area contributed by atoms with E-state index in [9.17, 15) is 4.79 Å². The van der Waals surface area contributed by atoms with Crippen LogP contribution < -0.4 is 19.5 Å². The van der Waals surface area contributed by atoms with Gasteiger partial charge in [0.25, 0.3) is 5.91 Å². The van der Waals surface area contributed by atoms with Gasteiger partial charge in [0, 0.05) is 5.56 Å². The summed E-state index contributed by atoms with van der Waals surface area (Å²) in [5.41, 5.74) is 1.29. The van der Waals surface area contributed by atoms with Gasteiger partial charge in [-0.2, -0.15) is 5.26 Å². The molecule has 25 heavy (non-hydrogen) atoms. The number of hydrogen-bond donors (Lipinski definition) is 1. The van der Waals surface area contributed by atoms with Crippen molar-refractivity contribution in [3.63, 3.8) is 0 Å². The van der Waals surface area contributed by atoms with Crippen LogP contribution in [0.25, 0.3) is 0 Å². The van der Waals surface area contributed by atoms with E-state index in [2.05, 4.69) is 5.32 Å². The normalized spacial score (nSPS) is 11.1. The van der Waals surface area contributed by atoms with E-state index in [1.54, 1.807) is 50.6 Å². The Balaban J connectivity index is 1.99. The van der Waals surface area contributed by atoms with Gasteiger partial charge in [-0.3, -0.25) is 4.79 Å². The minimum absolute atomic E-state index is 0.147. The zero-order valence-corrected chi connectivity index (χ0v) is 14.4. The van der Waals surface area contributed by atoms with Crippen LogP contribution in [0.1, 0.15) is 24.1 Å². The maximum Gasteiger partial charge on any atom is 0.258 e. The topological polar surface area (TPSA) is 80.6 Å². The molecular weight excluding hydrogens is 320 g/mol. The van der Waals surface area contributed by atoms with Gasteiger partial charge in [0.15, 0.2) is 6.61 Å². The lowest BCUT2D eigenvalue weighted by molar-refractivity contribution is -0.123. The van der Waals surface area contributed by atoms with Gasteiger partial charge in [-0.25, -0.2) is 0 Å². The third-order valence-corrected chi connectivity index (χ3v) is 3.61. The Kier molecular flexibility index (Phi) is 6.24. The van der Waals surface area contributed by atoms with Crippen LogP contribution in [0.5, 0.6) is 17.2 Å². The Labute approximate surface area is 146 Å². The van der Waals surface area contributed by atoms with Crippen LogP contribution in [-0.4, -0.2) is 26.7 Å². The molecule has 0 heterocycles. The SMILES string of the molecule is COc1ccc(OC)c(C(C)NC(=O)COc2cccc(C#N)c2)c1. The lowest BCUT2D eigenvalue weighted by atomic mass is 10.1. The standard InChI is InChI=1S/C19H20N2O4/c1-13(17-10-15(23-2)7-8-18(17)24-3)21-19(22)12-25-16-6-4-5-14(9-16)11-20/h4-10,13H,12H2,1-3H3,(H,21,22). The Morgan fingerprint density at radius 3 is 2.64 bits per heavy atom. The zero-order valence-electron chi connectivity index (χ0n) is 14.4. The maximum absolute atomic E-state index is 12.1. The molecule has 0 radical (unpaired) electrons. The number of nitriles is 1. The van der Waals surface area contributed by atoms with Crippen LogP contribution in [0, 0.1) is 11.3 Å². The molecule has 6 nitrogen and oxygen atoms in total. The number of nitrogens with zero attached hydrogens (tertiary/aromatic N) is 1. The Morgan fingerprint density at radius 1 is 1.16 bits per heavy atom. The third-order valence-electron chi connectivity index (χ3n) is 3.61. The molecule has 6 heteroatoms. The van der Waals surface area contributed by atoms with Crippen molar-refractivity contribution >= 4 is 5.91 Å². The van der Waals surface area contributed by atoms with E-state index >= 15 is 0 Å². The highest BCUT2D eigenvalue weighted by Crippen LogP contribution is 2.29. The number of benzene rings is 2. The smallest absolute Gasteiger partial charge is 0.258 e. The summed E-state index contributed by atoms with van der Waals surface area (Å²) in [6, 6.07) is 13.8. The minimum atomic E-state index is -0.286. The molecule has 0 aliphatic heterocycles. The molecule has 2 aromatic rings. The fourth-order valence-electron chi connectivity index (χ4n) is 2.34. The molecule has 1 N–H and O–H groups in total. The average molecular weight is 340 g/mol. The summed E-state index contributed by atoms with van der Waals surface area (Å²) < 4.78 is 16.0. The van der Waals surface area contributed by atoms with Crippen molar-refractivity contribution in [1.29, 1.82) is 5.26 Å². The van der Waals surface area contributed by atoms with Crippen molar-refractivity contribution in [2.45, 2.75) is 13.0 Å². The number of ether oxygens (including phenoxy) is 3. The summed E-state index contributed by atoms with van der Waals surface area (Å²) in [5.74, 6) is 1.54. The van der Waals surface area contributed by atoms with Gasteiger partial charge < -0.3 is 19.5 Å². The van der Waals surface area contributed by atoms with Crippen LogP contribution >= 0.6 is 0 Å². The van der Waals surface area contributed by atoms with Crippen LogP contribution in [0.3, 0.4) is 0 Å². The first-order valence-corrected chi connectivity index (χ1v) is 7.71. The number of hydrogen-bond acceptors (Lipinski definition) is 5. The molecule has 1 unspecified atom stereocenters. The fourth-order valence-corrected chi connectivity index (χ4v) is 2.34. The van der Waals surface area contributed by atoms with Gasteiger partial charge in [-0.05, 0) is 43.3 Å². The summed E-state index contributed by atoms with van der Waals surface area (Å²) in [4.78, 5) is 12.1. The van der Waals surface area contributed by atoms with Crippen molar-refractivity contribution in [3.05, 3.63) is 53.6 Å². The van der Waals surface area contributed by atoms with E-state index < -0.39 is 0 Å². The second-order valence-electron chi connectivity index (χ2n) is 5.33. The first-order chi connectivity index (χ1) is 12.1. The van der Waals surface area contributed by atoms with E-state index in [0.717, 1.165) is 5.56 Å². The zero-order chi connectivity index (χ0) is 18.2. The molecule has 2 aromatic carbocycles. The highest BCUT2D eigenvalue weighted by Gasteiger charge is 2.15. The predicted octanol–water partition coefficient (Wildman–Crippen LogP) is 2.83. The van der Waals surface area contributed by atoms with Crippen molar-refractivity contribution in [3.8, 4) is 23.3 Å². The highest BCUT2D eigenvalue weighted by molar-refractivity contribution is 5.78. The van der Waals surface area contributed by atoms with Gasteiger partial charge >= 0.3 is 0 Å². The monoisotopic (exact) mass is 340 g/mol. The van der Waals surface area contributed by atoms with Crippen LogP contribution in [0.2, 0.25) is 0 Å². The first-order valence-electron chi connectivity index (χ1n) is 7.71. The summed E-state index contributed by atoms with van der Waals surface area (Å²) >= 11 is 0. The number of rotatable bonds is 7. The minimum Gasteiger partial charge on any atom is -0.497 e. The Bertz CT molecular complexity index is 783. The maximum atomic E-state index is 12.1. The molecule has 0 saturated heterocycles. The Morgan fingerprint density at radius 2 is 1.96 bits per heavy atom. The second kappa shape index (κ2) is 8.60. The lowest BCUT2D eigenvalue weighted by Gasteiger charge is -2.18. The van der Waals surface area contributed by atoms with E-state index in [4.69, 9.17) is 19.5 Å². The summed E-state index contributed by atoms with van der Waals surface area (Å²) in [7, 11) is 3.16. The summed E-state index contributed by atoms with van der Waals surface area (Å²) in [5, 5.41) is 11.7. The number of carbonyl (C=O) groups is 1. The molecule has 130 valence electrons. The fraction of sp³-hybridized carbons (Fsp3) is 0.263. The van der Waals surface area contributed by atoms with E-state index in [-0.39, 0.29) is 18.6 Å². The van der Waals surface area contributed by atoms with Gasteiger partial charge in [0.05, 0.1) is 31.9 Å². The number of nitrogens with one attached hydrogen (secondary N) is 1. The molecule has 0 spiro atoms. The number of methoxy groups -OCH3 is 2. The van der Waals surface area contributed by atoms with Crippen molar-refractivity contribution in [1.82, 2.24) is 5.32 Å². The van der Waals surface area contributed by atoms with Crippen LogP contribution in [0.15, 0.2) is 42.5 Å². The second-order valence-corrected chi connectivity index (χ2v) is 5.33. The summed E-state index contributed by atoms with van der Waals surface area (Å²) in [6.07, 6.45) is 0. The van der Waals surface area contributed by atoms with E-state index in [1.807, 2.05) is 19.1 Å². The van der Waals surface area contributed by atoms with Crippen LogP contribution in [0.4, 0.5) is 0 Å². The highest BCUT2D eigenvalue weighted by atomic mass is 16.5. The van der Waals surface area contributed by atoms with Gasteiger partial charge in [0.1, 0.15) is 17.2 Å². The Hall–Kier alpha value is -3.20. The molecule has 0 aromatic heterocycles.